The van der Waals surface area contributed by atoms with Crippen LogP contribution in [-0.2, 0) is 0 Å². The highest BCUT2D eigenvalue weighted by Crippen LogP contribution is 2.49. The van der Waals surface area contributed by atoms with Crippen molar-refractivity contribution in [3.05, 3.63) is 164 Å². The fourth-order valence-corrected chi connectivity index (χ4v) is 10.7. The van der Waals surface area contributed by atoms with Gasteiger partial charge in [-0.05, 0) is 56.9 Å². The van der Waals surface area contributed by atoms with Crippen LogP contribution in [0.25, 0.3) is 112 Å². The van der Waals surface area contributed by atoms with Crippen LogP contribution in [-0.4, -0.2) is 14.5 Å². The fourth-order valence-electron chi connectivity index (χ4n) is 8.40. The molecule has 4 heterocycles. The standard InChI is InChI=1S/C48H27N3S2/c1-2-12-28(13-3-1)29-22-24-30(25-23-29)43-47(49-44-36-19-9-11-21-39(36)53-48(44)50-43)51-38-20-10-8-18-35(38)41-33-16-6-7-17-34(33)42-37-26-31-14-4-5-15-32(31)27-40(37)52-46(42)45(41)51/h1-27H. The van der Waals surface area contributed by atoms with Gasteiger partial charge >= 0.3 is 0 Å². The number of hydrogen-bond donors (Lipinski definition) is 0. The van der Waals surface area contributed by atoms with E-state index in [0.717, 1.165) is 38.3 Å². The lowest BCUT2D eigenvalue weighted by atomic mass is 9.98. The van der Waals surface area contributed by atoms with Crippen LogP contribution < -0.4 is 0 Å². The lowest BCUT2D eigenvalue weighted by Crippen LogP contribution is -2.03. The summed E-state index contributed by atoms with van der Waals surface area (Å²) in [5.74, 6) is 0.846. The molecule has 3 nitrogen and oxygen atoms in total. The van der Waals surface area contributed by atoms with Gasteiger partial charge in [0, 0.05) is 41.9 Å². The Morgan fingerprint density at radius 3 is 1.87 bits per heavy atom. The summed E-state index contributed by atoms with van der Waals surface area (Å²) in [4.78, 5) is 12.1. The second-order valence-electron chi connectivity index (χ2n) is 13.7. The third kappa shape index (κ3) is 4.20. The maximum Gasteiger partial charge on any atom is 0.165 e. The number of fused-ring (bicyclic) bond motifs is 14. The molecule has 12 aromatic rings. The van der Waals surface area contributed by atoms with E-state index >= 15 is 0 Å². The van der Waals surface area contributed by atoms with E-state index in [4.69, 9.17) is 9.97 Å². The lowest BCUT2D eigenvalue weighted by molar-refractivity contribution is 1.09. The van der Waals surface area contributed by atoms with Crippen LogP contribution in [0.5, 0.6) is 0 Å². The highest BCUT2D eigenvalue weighted by atomic mass is 32.1. The van der Waals surface area contributed by atoms with Crippen molar-refractivity contribution < 1.29 is 0 Å². The molecule has 53 heavy (non-hydrogen) atoms. The van der Waals surface area contributed by atoms with Gasteiger partial charge in [-0.2, -0.15) is 0 Å². The number of benzene rings is 8. The van der Waals surface area contributed by atoms with Crippen LogP contribution in [0, 0.1) is 0 Å². The molecule has 0 bridgehead atoms. The van der Waals surface area contributed by atoms with Crippen molar-refractivity contribution in [3.63, 3.8) is 0 Å². The predicted octanol–water partition coefficient (Wildman–Crippen LogP) is 13.9. The van der Waals surface area contributed by atoms with Crippen molar-refractivity contribution >= 4 is 107 Å². The summed E-state index contributed by atoms with van der Waals surface area (Å²) in [6, 6.07) is 59.2. The molecular weight excluding hydrogens is 683 g/mol. The molecule has 0 aliphatic carbocycles. The molecule has 0 N–H and O–H groups in total. The number of nitrogens with zero attached hydrogens (tertiary/aromatic N) is 3. The van der Waals surface area contributed by atoms with Crippen molar-refractivity contribution in [3.8, 4) is 28.2 Å². The van der Waals surface area contributed by atoms with Gasteiger partial charge in [0.15, 0.2) is 5.82 Å². The molecule has 0 atom stereocenters. The number of rotatable bonds is 3. The Labute approximate surface area is 311 Å². The Morgan fingerprint density at radius 2 is 1.06 bits per heavy atom. The minimum Gasteiger partial charge on any atom is -0.290 e. The summed E-state index contributed by atoms with van der Waals surface area (Å²) >= 11 is 3.60. The Kier molecular flexibility index (Phi) is 6.09. The van der Waals surface area contributed by atoms with E-state index in [9.17, 15) is 0 Å². The molecule has 0 aliphatic rings. The molecule has 0 saturated heterocycles. The van der Waals surface area contributed by atoms with Gasteiger partial charge in [0.05, 0.1) is 15.7 Å². The Morgan fingerprint density at radius 1 is 0.434 bits per heavy atom. The molecular formula is C48H27N3S2. The van der Waals surface area contributed by atoms with E-state index in [2.05, 4.69) is 168 Å². The van der Waals surface area contributed by atoms with E-state index in [1.54, 1.807) is 11.3 Å². The molecule has 0 saturated carbocycles. The predicted molar refractivity (Wildman–Crippen MR) is 228 cm³/mol. The molecule has 5 heteroatoms. The van der Waals surface area contributed by atoms with Crippen molar-refractivity contribution in [2.75, 3.05) is 0 Å². The molecule has 0 radical (unpaired) electrons. The Bertz CT molecular complexity index is 3440. The second kappa shape index (κ2) is 11.1. The molecule has 0 aliphatic heterocycles. The third-order valence-corrected chi connectivity index (χ3v) is 13.0. The van der Waals surface area contributed by atoms with Gasteiger partial charge in [0.2, 0.25) is 0 Å². The van der Waals surface area contributed by atoms with Gasteiger partial charge in [-0.15, -0.1) is 22.7 Å². The van der Waals surface area contributed by atoms with E-state index in [1.807, 2.05) is 11.3 Å². The van der Waals surface area contributed by atoms with Crippen LogP contribution in [0.1, 0.15) is 0 Å². The van der Waals surface area contributed by atoms with Crippen LogP contribution in [0.15, 0.2) is 164 Å². The first-order valence-electron chi connectivity index (χ1n) is 17.8. The average molecular weight is 710 g/mol. The van der Waals surface area contributed by atoms with E-state index < -0.39 is 0 Å². The van der Waals surface area contributed by atoms with Gasteiger partial charge in [-0.25, -0.2) is 9.97 Å². The highest BCUT2D eigenvalue weighted by molar-refractivity contribution is 7.27. The summed E-state index contributed by atoms with van der Waals surface area (Å²) in [6.07, 6.45) is 0. The molecule has 4 aromatic heterocycles. The first-order chi connectivity index (χ1) is 26.3. The first-order valence-corrected chi connectivity index (χ1v) is 19.5. The van der Waals surface area contributed by atoms with E-state index in [-0.39, 0.29) is 0 Å². The molecule has 8 aromatic carbocycles. The normalized spacial score (nSPS) is 12.2. The van der Waals surface area contributed by atoms with Crippen molar-refractivity contribution in [2.24, 2.45) is 0 Å². The van der Waals surface area contributed by atoms with Gasteiger partial charge in [-0.1, -0.05) is 140 Å². The maximum absolute atomic E-state index is 5.66. The summed E-state index contributed by atoms with van der Waals surface area (Å²) in [5, 5.41) is 11.2. The smallest absolute Gasteiger partial charge is 0.165 e. The molecule has 12 rings (SSSR count). The van der Waals surface area contributed by atoms with Crippen LogP contribution in [0.4, 0.5) is 0 Å². The lowest BCUT2D eigenvalue weighted by Gasteiger charge is -2.14. The quantitative estimate of drug-likeness (QED) is 0.183. The zero-order valence-corrected chi connectivity index (χ0v) is 29.9. The van der Waals surface area contributed by atoms with Crippen molar-refractivity contribution in [2.45, 2.75) is 0 Å². The van der Waals surface area contributed by atoms with E-state index in [0.29, 0.717) is 0 Å². The van der Waals surface area contributed by atoms with E-state index in [1.165, 1.54) is 73.8 Å². The topological polar surface area (TPSA) is 30.7 Å². The van der Waals surface area contributed by atoms with Crippen molar-refractivity contribution in [1.29, 1.82) is 0 Å². The monoisotopic (exact) mass is 709 g/mol. The van der Waals surface area contributed by atoms with Gasteiger partial charge in [-0.3, -0.25) is 4.57 Å². The summed E-state index contributed by atoms with van der Waals surface area (Å²) in [5.41, 5.74) is 7.53. The van der Waals surface area contributed by atoms with Gasteiger partial charge in [0.25, 0.3) is 0 Å². The second-order valence-corrected chi connectivity index (χ2v) is 15.8. The zero-order valence-electron chi connectivity index (χ0n) is 28.2. The molecule has 0 unspecified atom stereocenters. The molecule has 0 fully saturated rings. The SMILES string of the molecule is c1ccc(-c2ccc(-c3nc4sc5ccccc5c4nc3-n3c4ccccc4c4c5ccccc5c5c6cc7ccccc7cc6sc5c43)cc2)cc1. The first kappa shape index (κ1) is 29.2. The molecule has 246 valence electrons. The largest absolute Gasteiger partial charge is 0.290 e. The summed E-state index contributed by atoms with van der Waals surface area (Å²) in [7, 11) is 0. The highest BCUT2D eigenvalue weighted by Gasteiger charge is 2.25. The van der Waals surface area contributed by atoms with Gasteiger partial charge in [0.1, 0.15) is 16.0 Å². The van der Waals surface area contributed by atoms with Crippen molar-refractivity contribution in [1.82, 2.24) is 14.5 Å². The number of aromatic nitrogens is 3. The summed E-state index contributed by atoms with van der Waals surface area (Å²) < 4.78 is 6.17. The number of thiophene rings is 2. The molecule has 0 spiro atoms. The Hall–Kier alpha value is -6.40. The Balaban J connectivity index is 1.26. The van der Waals surface area contributed by atoms with Gasteiger partial charge < -0.3 is 0 Å². The fraction of sp³-hybridized carbons (Fsp3) is 0. The number of hydrogen-bond acceptors (Lipinski definition) is 4. The summed E-state index contributed by atoms with van der Waals surface area (Å²) in [6.45, 7) is 0. The minimum atomic E-state index is 0.846. The van der Waals surface area contributed by atoms with Crippen LogP contribution in [0.2, 0.25) is 0 Å². The van der Waals surface area contributed by atoms with Crippen LogP contribution >= 0.6 is 22.7 Å². The zero-order chi connectivity index (χ0) is 34.6. The minimum absolute atomic E-state index is 0.846. The third-order valence-electron chi connectivity index (χ3n) is 10.8. The average Bonchev–Trinajstić information content (AvgIpc) is 3.89. The van der Waals surface area contributed by atoms with Crippen LogP contribution in [0.3, 0.4) is 0 Å². The maximum atomic E-state index is 5.66. The number of para-hydroxylation sites is 1. The molecule has 0 amide bonds.